The lowest BCUT2D eigenvalue weighted by molar-refractivity contribution is -0.384. The van der Waals surface area contributed by atoms with Crippen LogP contribution >= 0.6 is 12.2 Å². The molecule has 26 heavy (non-hydrogen) atoms. The van der Waals surface area contributed by atoms with Crippen LogP contribution in [0.1, 0.15) is 44.2 Å². The van der Waals surface area contributed by atoms with Crippen molar-refractivity contribution in [2.45, 2.75) is 44.7 Å². The van der Waals surface area contributed by atoms with Gasteiger partial charge in [0.05, 0.1) is 23.6 Å². The highest BCUT2D eigenvalue weighted by Crippen LogP contribution is 2.36. The van der Waals surface area contributed by atoms with Gasteiger partial charge in [-0.15, -0.1) is 0 Å². The fourth-order valence-corrected chi connectivity index (χ4v) is 4.18. The van der Waals surface area contributed by atoms with E-state index in [9.17, 15) is 14.9 Å². The van der Waals surface area contributed by atoms with Gasteiger partial charge in [-0.2, -0.15) is 0 Å². The summed E-state index contributed by atoms with van der Waals surface area (Å²) in [4.78, 5) is 25.0. The van der Waals surface area contributed by atoms with E-state index in [-0.39, 0.29) is 11.7 Å². The second-order valence-electron chi connectivity index (χ2n) is 6.53. The molecule has 0 unspecified atom stereocenters. The zero-order chi connectivity index (χ0) is 18.8. The lowest BCUT2D eigenvalue weighted by Gasteiger charge is -2.40. The summed E-state index contributed by atoms with van der Waals surface area (Å²) in [5.74, 6) is -0.427. The second kappa shape index (κ2) is 7.41. The number of nitrogens with one attached hydrogen (secondary N) is 1. The van der Waals surface area contributed by atoms with Crippen LogP contribution in [-0.2, 0) is 9.53 Å². The molecule has 1 fully saturated rings. The van der Waals surface area contributed by atoms with Gasteiger partial charge in [0.2, 0.25) is 0 Å². The molecule has 3 rings (SSSR count). The summed E-state index contributed by atoms with van der Waals surface area (Å²) in [6.45, 7) is 1.89. The summed E-state index contributed by atoms with van der Waals surface area (Å²) in [5, 5.41) is 14.7. The van der Waals surface area contributed by atoms with Crippen molar-refractivity contribution >= 4 is 29.0 Å². The molecule has 1 saturated carbocycles. The standard InChI is InChI=1S/C18H21N3O4S/c1-11-15(17(22)25-2)16(12-7-9-14(10-8-12)21(23)24)19-18(26)20(11)13-5-3-4-6-13/h7-10,13,16H,3-6H2,1-2H3,(H,19,26)/t16-/m0/s1. The Morgan fingerprint density at radius 3 is 2.46 bits per heavy atom. The highest BCUT2D eigenvalue weighted by Gasteiger charge is 2.38. The molecule has 0 amide bonds. The molecular formula is C18H21N3O4S. The van der Waals surface area contributed by atoms with Crippen molar-refractivity contribution in [3.8, 4) is 0 Å². The number of hydrogen-bond acceptors (Lipinski definition) is 5. The number of non-ortho nitro benzene ring substituents is 1. The van der Waals surface area contributed by atoms with Gasteiger partial charge >= 0.3 is 5.97 Å². The first-order valence-electron chi connectivity index (χ1n) is 8.57. The number of rotatable bonds is 4. The predicted octanol–water partition coefficient (Wildman–Crippen LogP) is 3.22. The Labute approximate surface area is 157 Å². The van der Waals surface area contributed by atoms with Gasteiger partial charge < -0.3 is 15.0 Å². The molecule has 1 aliphatic heterocycles. The fourth-order valence-electron chi connectivity index (χ4n) is 3.77. The van der Waals surface area contributed by atoms with E-state index < -0.39 is 16.9 Å². The Morgan fingerprint density at radius 2 is 1.92 bits per heavy atom. The summed E-state index contributed by atoms with van der Waals surface area (Å²) in [7, 11) is 1.35. The first kappa shape index (κ1) is 18.3. The third kappa shape index (κ3) is 3.29. The molecule has 0 spiro atoms. The Kier molecular flexibility index (Phi) is 5.22. The van der Waals surface area contributed by atoms with Crippen molar-refractivity contribution in [3.05, 3.63) is 51.2 Å². The number of benzene rings is 1. The molecule has 1 aromatic carbocycles. The molecule has 8 heteroatoms. The van der Waals surface area contributed by atoms with Gasteiger partial charge in [0.1, 0.15) is 0 Å². The normalized spacial score (nSPS) is 20.9. The van der Waals surface area contributed by atoms with Crippen LogP contribution < -0.4 is 5.32 Å². The average Bonchev–Trinajstić information content (AvgIpc) is 3.15. The van der Waals surface area contributed by atoms with Crippen molar-refractivity contribution in [3.63, 3.8) is 0 Å². The highest BCUT2D eigenvalue weighted by molar-refractivity contribution is 7.80. The van der Waals surface area contributed by atoms with Gasteiger partial charge in [-0.3, -0.25) is 10.1 Å². The molecule has 2 aliphatic rings. The van der Waals surface area contributed by atoms with Gasteiger partial charge in [0.15, 0.2) is 5.11 Å². The molecule has 1 heterocycles. The number of nitro benzene ring substituents is 1. The summed E-state index contributed by atoms with van der Waals surface area (Å²) in [5.41, 5.74) is 2.00. The molecule has 0 radical (unpaired) electrons. The number of carbonyl (C=O) groups is 1. The van der Waals surface area contributed by atoms with Crippen molar-refractivity contribution in [1.82, 2.24) is 10.2 Å². The van der Waals surface area contributed by atoms with E-state index in [0.29, 0.717) is 10.7 Å². The predicted molar refractivity (Wildman–Crippen MR) is 100 cm³/mol. The third-order valence-electron chi connectivity index (χ3n) is 5.06. The smallest absolute Gasteiger partial charge is 0.337 e. The zero-order valence-electron chi connectivity index (χ0n) is 14.7. The number of methoxy groups -OCH3 is 1. The minimum absolute atomic E-state index is 0.0000349. The maximum absolute atomic E-state index is 12.5. The summed E-state index contributed by atoms with van der Waals surface area (Å²) in [6, 6.07) is 5.92. The molecule has 0 saturated heterocycles. The van der Waals surface area contributed by atoms with Gasteiger partial charge in [0, 0.05) is 23.9 Å². The van der Waals surface area contributed by atoms with Crippen molar-refractivity contribution < 1.29 is 14.5 Å². The van der Waals surface area contributed by atoms with Crippen molar-refractivity contribution in [1.29, 1.82) is 0 Å². The highest BCUT2D eigenvalue weighted by atomic mass is 32.1. The number of hydrogen-bond donors (Lipinski definition) is 1. The van der Waals surface area contributed by atoms with Gasteiger partial charge in [0.25, 0.3) is 5.69 Å². The van der Waals surface area contributed by atoms with E-state index >= 15 is 0 Å². The van der Waals surface area contributed by atoms with E-state index in [1.165, 1.54) is 19.2 Å². The Bertz CT molecular complexity index is 769. The van der Waals surface area contributed by atoms with E-state index in [1.54, 1.807) is 12.1 Å². The number of nitro groups is 1. The van der Waals surface area contributed by atoms with Crippen LogP contribution in [0.25, 0.3) is 0 Å². The summed E-state index contributed by atoms with van der Waals surface area (Å²) in [6.07, 6.45) is 4.37. The maximum atomic E-state index is 12.5. The molecule has 1 aromatic rings. The van der Waals surface area contributed by atoms with Gasteiger partial charge in [-0.05, 0) is 49.7 Å². The SMILES string of the molecule is COC(=O)C1=C(C)N(C2CCCC2)C(=S)N[C@H]1c1ccc([N+](=O)[O-])cc1. The van der Waals surface area contributed by atoms with Crippen LogP contribution in [0.5, 0.6) is 0 Å². The quantitative estimate of drug-likeness (QED) is 0.374. The first-order chi connectivity index (χ1) is 12.4. The van der Waals surface area contributed by atoms with Crippen LogP contribution in [0.15, 0.2) is 35.5 Å². The van der Waals surface area contributed by atoms with Crippen LogP contribution in [0.3, 0.4) is 0 Å². The Balaban J connectivity index is 2.02. The summed E-state index contributed by atoms with van der Waals surface area (Å²) >= 11 is 5.58. The lowest BCUT2D eigenvalue weighted by Crippen LogP contribution is -2.51. The van der Waals surface area contributed by atoms with Gasteiger partial charge in [-0.25, -0.2) is 4.79 Å². The number of ether oxygens (including phenoxy) is 1. The molecule has 0 bridgehead atoms. The summed E-state index contributed by atoms with van der Waals surface area (Å²) < 4.78 is 5.01. The number of thiocarbonyl (C=S) groups is 1. The van der Waals surface area contributed by atoms with E-state index in [4.69, 9.17) is 17.0 Å². The molecule has 1 aliphatic carbocycles. The minimum Gasteiger partial charge on any atom is -0.466 e. The maximum Gasteiger partial charge on any atom is 0.337 e. The number of nitrogens with zero attached hydrogens (tertiary/aromatic N) is 2. The largest absolute Gasteiger partial charge is 0.466 e. The van der Waals surface area contributed by atoms with E-state index in [1.807, 2.05) is 11.8 Å². The first-order valence-corrected chi connectivity index (χ1v) is 8.98. The van der Waals surface area contributed by atoms with Crippen LogP contribution in [-0.4, -0.2) is 34.1 Å². The van der Waals surface area contributed by atoms with Crippen LogP contribution in [0, 0.1) is 10.1 Å². The molecule has 7 nitrogen and oxygen atoms in total. The molecular weight excluding hydrogens is 354 g/mol. The molecule has 0 aromatic heterocycles. The topological polar surface area (TPSA) is 84.7 Å². The lowest BCUT2D eigenvalue weighted by atomic mass is 9.94. The minimum atomic E-state index is -0.492. The van der Waals surface area contributed by atoms with Crippen molar-refractivity contribution in [2.75, 3.05) is 7.11 Å². The number of allylic oxidation sites excluding steroid dienone is 1. The molecule has 1 atom stereocenters. The second-order valence-corrected chi connectivity index (χ2v) is 6.92. The monoisotopic (exact) mass is 375 g/mol. The fraction of sp³-hybridized carbons (Fsp3) is 0.444. The van der Waals surface area contributed by atoms with E-state index in [0.717, 1.165) is 36.9 Å². The zero-order valence-corrected chi connectivity index (χ0v) is 15.5. The Hall–Kier alpha value is -2.48. The third-order valence-corrected chi connectivity index (χ3v) is 5.37. The van der Waals surface area contributed by atoms with Crippen LogP contribution in [0.4, 0.5) is 5.69 Å². The number of esters is 1. The number of carbonyl (C=O) groups excluding carboxylic acids is 1. The Morgan fingerprint density at radius 1 is 1.31 bits per heavy atom. The average molecular weight is 375 g/mol. The van der Waals surface area contributed by atoms with Crippen molar-refractivity contribution in [2.24, 2.45) is 0 Å². The van der Waals surface area contributed by atoms with E-state index in [2.05, 4.69) is 5.32 Å². The van der Waals surface area contributed by atoms with Crippen LogP contribution in [0.2, 0.25) is 0 Å². The molecule has 138 valence electrons. The molecule has 1 N–H and O–H groups in total. The van der Waals surface area contributed by atoms with Gasteiger partial charge in [-0.1, -0.05) is 12.8 Å².